The van der Waals surface area contributed by atoms with Gasteiger partial charge in [0.05, 0.1) is 27.2 Å². The summed E-state index contributed by atoms with van der Waals surface area (Å²) in [5, 5.41) is 17.3. The van der Waals surface area contributed by atoms with Gasteiger partial charge in [-0.1, -0.05) is 0 Å². The van der Waals surface area contributed by atoms with E-state index >= 15 is 0 Å². The number of hydrogen-bond donors (Lipinski definition) is 1. The van der Waals surface area contributed by atoms with Gasteiger partial charge in [0.2, 0.25) is 0 Å². The fraction of sp³-hybridized carbons (Fsp3) is 0.0952. The summed E-state index contributed by atoms with van der Waals surface area (Å²) in [6.45, 7) is 0. The van der Waals surface area contributed by atoms with Crippen LogP contribution in [0.2, 0.25) is 0 Å². The van der Waals surface area contributed by atoms with E-state index in [1.165, 1.54) is 30.3 Å². The molecule has 170 valence electrons. The Morgan fingerprint density at radius 2 is 1.58 bits per heavy atom. The Hall–Kier alpha value is -3.67. The van der Waals surface area contributed by atoms with E-state index in [0.29, 0.717) is 26.9 Å². The highest BCUT2D eigenvalue weighted by Crippen LogP contribution is 2.39. The van der Waals surface area contributed by atoms with Gasteiger partial charge in [0, 0.05) is 5.56 Å². The van der Waals surface area contributed by atoms with Crippen LogP contribution < -0.4 is 4.74 Å². The molecule has 0 aliphatic carbocycles. The molecule has 0 spiro atoms. The normalized spacial score (nSPS) is 12.5. The molecule has 0 atom stereocenters. The van der Waals surface area contributed by atoms with Gasteiger partial charge in [-0.25, -0.2) is 4.98 Å². The monoisotopic (exact) mass is 483 g/mol. The summed E-state index contributed by atoms with van der Waals surface area (Å²) < 4.78 is 80.9. The van der Waals surface area contributed by atoms with E-state index in [4.69, 9.17) is 0 Å². The molecule has 12 heteroatoms. The van der Waals surface area contributed by atoms with Gasteiger partial charge in [-0.3, -0.25) is 0 Å². The Morgan fingerprint density at radius 3 is 2.24 bits per heavy atom. The second-order valence-electron chi connectivity index (χ2n) is 6.64. The third-order valence-electron chi connectivity index (χ3n) is 4.27. The summed E-state index contributed by atoms with van der Waals surface area (Å²) >= 11 is 1.15. The van der Waals surface area contributed by atoms with E-state index < -0.39 is 29.5 Å². The van der Waals surface area contributed by atoms with Gasteiger partial charge in [0.15, 0.2) is 0 Å². The summed E-state index contributed by atoms with van der Waals surface area (Å²) in [4.78, 5) is 4.37. The molecule has 0 unspecified atom stereocenters. The molecular formula is C21H11F6N3O2S. The predicted molar refractivity (Wildman–Crippen MR) is 109 cm³/mol. The highest BCUT2D eigenvalue weighted by atomic mass is 32.1. The van der Waals surface area contributed by atoms with E-state index in [1.807, 2.05) is 0 Å². The summed E-state index contributed by atoms with van der Waals surface area (Å²) in [5.41, 5.74) is -0.185. The van der Waals surface area contributed by atoms with Crippen molar-refractivity contribution in [1.82, 2.24) is 4.98 Å². The lowest BCUT2D eigenvalue weighted by Crippen LogP contribution is -2.16. The van der Waals surface area contributed by atoms with Crippen molar-refractivity contribution in [2.24, 2.45) is 10.2 Å². The van der Waals surface area contributed by atoms with Crippen molar-refractivity contribution < 1.29 is 36.2 Å². The van der Waals surface area contributed by atoms with Crippen molar-refractivity contribution in [3.05, 3.63) is 66.2 Å². The second-order valence-corrected chi connectivity index (χ2v) is 7.67. The van der Waals surface area contributed by atoms with Crippen molar-refractivity contribution in [3.8, 4) is 22.1 Å². The molecule has 1 heterocycles. The topological polar surface area (TPSA) is 67.1 Å². The largest absolute Gasteiger partial charge is 0.573 e. The van der Waals surface area contributed by atoms with Gasteiger partial charge in [0.25, 0.3) is 0 Å². The SMILES string of the molecule is Oc1ccc(/N=N/c2ccc(-c3nc4ccc(OC(F)(F)F)cc4s3)cc2)c(C(F)(F)F)c1. The zero-order valence-electron chi connectivity index (χ0n) is 16.1. The highest BCUT2D eigenvalue weighted by Gasteiger charge is 2.34. The van der Waals surface area contributed by atoms with Crippen molar-refractivity contribution in [3.63, 3.8) is 0 Å². The summed E-state index contributed by atoms with van der Waals surface area (Å²) in [7, 11) is 0. The number of fused-ring (bicyclic) bond motifs is 1. The zero-order valence-corrected chi connectivity index (χ0v) is 17.0. The predicted octanol–water partition coefficient (Wildman–Crippen LogP) is 8.00. The first kappa shape index (κ1) is 22.5. The maximum atomic E-state index is 13.1. The van der Waals surface area contributed by atoms with Gasteiger partial charge in [-0.15, -0.1) is 29.6 Å². The molecule has 3 aromatic carbocycles. The molecule has 0 aliphatic rings. The molecule has 0 bridgehead atoms. The Balaban J connectivity index is 1.56. The number of aromatic nitrogens is 1. The summed E-state index contributed by atoms with van der Waals surface area (Å²) in [5.74, 6) is -0.896. The molecule has 5 nitrogen and oxygen atoms in total. The van der Waals surface area contributed by atoms with Crippen LogP contribution in [0.15, 0.2) is 70.9 Å². The average molecular weight is 483 g/mol. The van der Waals surface area contributed by atoms with Crippen LogP contribution in [0.25, 0.3) is 20.8 Å². The maximum Gasteiger partial charge on any atom is 0.573 e. The first-order valence-electron chi connectivity index (χ1n) is 9.07. The fourth-order valence-electron chi connectivity index (χ4n) is 2.85. The van der Waals surface area contributed by atoms with Gasteiger partial charge in [-0.2, -0.15) is 18.3 Å². The van der Waals surface area contributed by atoms with Crippen LogP contribution in [0, 0.1) is 0 Å². The highest BCUT2D eigenvalue weighted by molar-refractivity contribution is 7.21. The van der Waals surface area contributed by atoms with Crippen molar-refractivity contribution in [2.45, 2.75) is 12.5 Å². The molecule has 0 aliphatic heterocycles. The molecule has 0 saturated heterocycles. The fourth-order valence-corrected chi connectivity index (χ4v) is 3.85. The lowest BCUT2D eigenvalue weighted by Gasteiger charge is -2.09. The Labute approximate surface area is 185 Å². The van der Waals surface area contributed by atoms with Crippen molar-refractivity contribution in [1.29, 1.82) is 0 Å². The first-order valence-corrected chi connectivity index (χ1v) is 9.88. The van der Waals surface area contributed by atoms with E-state index in [9.17, 15) is 31.4 Å². The van der Waals surface area contributed by atoms with E-state index in [0.717, 1.165) is 23.5 Å². The molecule has 0 radical (unpaired) electrons. The number of rotatable bonds is 4. The molecule has 33 heavy (non-hydrogen) atoms. The standard InChI is InChI=1S/C21H11F6N3O2S/c22-20(23,24)15-9-13(31)5-7-16(15)30-29-12-3-1-11(2-4-12)19-28-17-8-6-14(10-18(17)33-19)32-21(25,26)27/h1-10,31H/b30-29+. The van der Waals surface area contributed by atoms with Gasteiger partial charge in [-0.05, 0) is 60.7 Å². The molecule has 0 amide bonds. The minimum Gasteiger partial charge on any atom is -0.508 e. The number of aromatic hydroxyl groups is 1. The first-order chi connectivity index (χ1) is 15.5. The molecule has 4 aromatic rings. The maximum absolute atomic E-state index is 13.1. The summed E-state index contributed by atoms with van der Waals surface area (Å²) in [6.07, 6.45) is -9.51. The number of nitrogens with zero attached hydrogens (tertiary/aromatic N) is 3. The zero-order chi connectivity index (χ0) is 23.8. The van der Waals surface area contributed by atoms with Gasteiger partial charge >= 0.3 is 12.5 Å². The lowest BCUT2D eigenvalue weighted by atomic mass is 10.1. The van der Waals surface area contributed by atoms with Crippen LogP contribution in [0.3, 0.4) is 0 Å². The number of halogens is 6. The van der Waals surface area contributed by atoms with Crippen LogP contribution in [-0.2, 0) is 6.18 Å². The quantitative estimate of drug-likeness (QED) is 0.236. The molecule has 4 rings (SSSR count). The van der Waals surface area contributed by atoms with E-state index in [1.54, 1.807) is 12.1 Å². The molecule has 1 aromatic heterocycles. The van der Waals surface area contributed by atoms with Crippen molar-refractivity contribution >= 4 is 32.9 Å². The van der Waals surface area contributed by atoms with Crippen LogP contribution in [0.5, 0.6) is 11.5 Å². The van der Waals surface area contributed by atoms with Crippen LogP contribution in [0.1, 0.15) is 5.56 Å². The number of alkyl halides is 6. The number of ether oxygens (including phenoxy) is 1. The number of thiazole rings is 1. The molecule has 0 fully saturated rings. The van der Waals surface area contributed by atoms with E-state index in [2.05, 4.69) is 19.9 Å². The number of phenols is 1. The van der Waals surface area contributed by atoms with Crippen molar-refractivity contribution in [2.75, 3.05) is 0 Å². The van der Waals surface area contributed by atoms with Gasteiger partial charge < -0.3 is 9.84 Å². The Morgan fingerprint density at radius 1 is 0.848 bits per heavy atom. The number of hydrogen-bond acceptors (Lipinski definition) is 6. The number of benzene rings is 3. The molecule has 0 saturated carbocycles. The third-order valence-corrected chi connectivity index (χ3v) is 5.33. The third kappa shape index (κ3) is 5.40. The summed E-state index contributed by atoms with van der Waals surface area (Å²) in [6, 6.07) is 12.7. The lowest BCUT2D eigenvalue weighted by molar-refractivity contribution is -0.274. The average Bonchev–Trinajstić information content (AvgIpc) is 3.15. The number of azo groups is 1. The van der Waals surface area contributed by atoms with Crippen LogP contribution in [-0.4, -0.2) is 16.5 Å². The van der Waals surface area contributed by atoms with Crippen LogP contribution in [0.4, 0.5) is 37.7 Å². The minimum atomic E-state index is -4.80. The molecular weight excluding hydrogens is 472 g/mol. The Bertz CT molecular complexity index is 1330. The van der Waals surface area contributed by atoms with Gasteiger partial charge in [0.1, 0.15) is 16.5 Å². The van der Waals surface area contributed by atoms with Crippen LogP contribution >= 0.6 is 11.3 Å². The number of phenolic OH excluding ortho intramolecular Hbond substituents is 1. The minimum absolute atomic E-state index is 0.266. The Kier molecular flexibility index (Phi) is 5.70. The smallest absolute Gasteiger partial charge is 0.508 e. The second kappa shape index (κ2) is 8.35. The van der Waals surface area contributed by atoms with E-state index in [-0.39, 0.29) is 11.4 Å². The molecule has 1 N–H and O–H groups in total.